The lowest BCUT2D eigenvalue weighted by Crippen LogP contribution is -2.28. The summed E-state index contributed by atoms with van der Waals surface area (Å²) < 4.78 is 6.43. The van der Waals surface area contributed by atoms with E-state index < -0.39 is 0 Å². The van der Waals surface area contributed by atoms with Crippen molar-refractivity contribution >= 4 is 21.8 Å². The normalized spacial score (nSPS) is 10.1. The molecule has 104 valence electrons. The molecule has 0 bridgehead atoms. The molecule has 4 heteroatoms. The monoisotopic (exact) mass is 333 g/mol. The molecule has 0 unspecified atom stereocenters. The fourth-order valence-electron chi connectivity index (χ4n) is 1.64. The van der Waals surface area contributed by atoms with Gasteiger partial charge in [-0.1, -0.05) is 45.8 Å². The van der Waals surface area contributed by atoms with Gasteiger partial charge in [-0.3, -0.25) is 4.79 Å². The quantitative estimate of drug-likeness (QED) is 0.910. The lowest BCUT2D eigenvalue weighted by atomic mass is 10.2. The second kappa shape index (κ2) is 7.10. The summed E-state index contributed by atoms with van der Waals surface area (Å²) in [4.78, 5) is 11.7. The first kappa shape index (κ1) is 14.6. The van der Waals surface area contributed by atoms with Crippen LogP contribution in [0.3, 0.4) is 0 Å². The molecule has 0 aliphatic heterocycles. The summed E-state index contributed by atoms with van der Waals surface area (Å²) in [6.07, 6.45) is 0. The molecule has 2 rings (SSSR count). The van der Waals surface area contributed by atoms with Crippen molar-refractivity contribution in [1.29, 1.82) is 0 Å². The molecule has 20 heavy (non-hydrogen) atoms. The molecule has 0 saturated carbocycles. The molecule has 2 aromatic rings. The first-order valence-electron chi connectivity index (χ1n) is 6.34. The van der Waals surface area contributed by atoms with E-state index in [1.807, 2.05) is 55.5 Å². The van der Waals surface area contributed by atoms with Crippen LogP contribution in [0.2, 0.25) is 0 Å². The second-order valence-corrected chi connectivity index (χ2v) is 5.42. The average molecular weight is 334 g/mol. The van der Waals surface area contributed by atoms with Gasteiger partial charge in [-0.15, -0.1) is 0 Å². The Hall–Kier alpha value is -1.81. The van der Waals surface area contributed by atoms with E-state index in [-0.39, 0.29) is 12.5 Å². The number of carbonyl (C=O) groups excluding carboxylic acids is 1. The molecule has 0 aliphatic carbocycles. The van der Waals surface area contributed by atoms with E-state index in [2.05, 4.69) is 21.2 Å². The molecule has 2 aromatic carbocycles. The molecule has 1 amide bonds. The summed E-state index contributed by atoms with van der Waals surface area (Å²) >= 11 is 3.37. The van der Waals surface area contributed by atoms with Gasteiger partial charge in [-0.2, -0.15) is 0 Å². The highest BCUT2D eigenvalue weighted by Gasteiger charge is 2.02. The molecule has 0 fully saturated rings. The number of ether oxygens (including phenoxy) is 1. The number of nitrogens with one attached hydrogen (secondary N) is 1. The van der Waals surface area contributed by atoms with Crippen molar-refractivity contribution in [3.63, 3.8) is 0 Å². The predicted octanol–water partition coefficient (Wildman–Crippen LogP) is 3.45. The van der Waals surface area contributed by atoms with E-state index >= 15 is 0 Å². The lowest BCUT2D eigenvalue weighted by Gasteiger charge is -2.08. The number of aryl methyl sites for hydroxylation is 1. The Bertz CT molecular complexity index is 513. The fraction of sp³-hybridized carbons (Fsp3) is 0.188. The van der Waals surface area contributed by atoms with E-state index in [4.69, 9.17) is 4.74 Å². The lowest BCUT2D eigenvalue weighted by molar-refractivity contribution is -0.123. The van der Waals surface area contributed by atoms with E-state index in [1.165, 1.54) is 0 Å². The zero-order valence-corrected chi connectivity index (χ0v) is 12.8. The summed E-state index contributed by atoms with van der Waals surface area (Å²) in [5.41, 5.74) is 2.22. The minimum Gasteiger partial charge on any atom is -0.484 e. The van der Waals surface area contributed by atoms with Crippen LogP contribution >= 0.6 is 15.9 Å². The number of rotatable bonds is 5. The first-order chi connectivity index (χ1) is 9.63. The van der Waals surface area contributed by atoms with Gasteiger partial charge in [0.05, 0.1) is 0 Å². The highest BCUT2D eigenvalue weighted by molar-refractivity contribution is 9.10. The van der Waals surface area contributed by atoms with Crippen LogP contribution < -0.4 is 10.1 Å². The van der Waals surface area contributed by atoms with Gasteiger partial charge in [-0.05, 0) is 36.8 Å². The van der Waals surface area contributed by atoms with Crippen LogP contribution in [0.5, 0.6) is 5.75 Å². The Morgan fingerprint density at radius 3 is 2.40 bits per heavy atom. The number of carbonyl (C=O) groups is 1. The Morgan fingerprint density at radius 2 is 1.75 bits per heavy atom. The van der Waals surface area contributed by atoms with Gasteiger partial charge in [0, 0.05) is 11.0 Å². The molecule has 0 spiro atoms. The molecule has 0 heterocycles. The third-order valence-electron chi connectivity index (χ3n) is 2.79. The topological polar surface area (TPSA) is 38.3 Å². The smallest absolute Gasteiger partial charge is 0.258 e. The minimum atomic E-state index is -0.131. The Kier molecular flexibility index (Phi) is 5.18. The Labute approximate surface area is 127 Å². The van der Waals surface area contributed by atoms with Crippen LogP contribution in [0.25, 0.3) is 0 Å². The number of hydrogen-bond acceptors (Lipinski definition) is 2. The molecule has 0 atom stereocenters. The standard InChI is InChI=1S/C16H16BrNO2/c1-12-2-8-15(9-3-12)20-11-16(19)18-10-13-4-6-14(17)7-5-13/h2-9H,10-11H2,1H3,(H,18,19). The van der Waals surface area contributed by atoms with Crippen LogP contribution in [0, 0.1) is 6.92 Å². The van der Waals surface area contributed by atoms with Crippen molar-refractivity contribution in [2.45, 2.75) is 13.5 Å². The van der Waals surface area contributed by atoms with Gasteiger partial charge < -0.3 is 10.1 Å². The largest absolute Gasteiger partial charge is 0.484 e. The minimum absolute atomic E-state index is 0.0274. The summed E-state index contributed by atoms with van der Waals surface area (Å²) in [6, 6.07) is 15.4. The average Bonchev–Trinajstić information content (AvgIpc) is 2.46. The summed E-state index contributed by atoms with van der Waals surface area (Å²) in [7, 11) is 0. The van der Waals surface area contributed by atoms with Crippen LogP contribution in [0.4, 0.5) is 0 Å². The van der Waals surface area contributed by atoms with E-state index in [1.54, 1.807) is 0 Å². The van der Waals surface area contributed by atoms with Crippen molar-refractivity contribution in [2.75, 3.05) is 6.61 Å². The number of halogens is 1. The van der Waals surface area contributed by atoms with Gasteiger partial charge in [0.25, 0.3) is 5.91 Å². The van der Waals surface area contributed by atoms with Crippen LogP contribution in [-0.2, 0) is 11.3 Å². The molecule has 1 N–H and O–H groups in total. The molecule has 0 aromatic heterocycles. The number of benzene rings is 2. The molecular weight excluding hydrogens is 318 g/mol. The molecular formula is C16H16BrNO2. The van der Waals surface area contributed by atoms with Crippen LogP contribution in [0.1, 0.15) is 11.1 Å². The number of hydrogen-bond donors (Lipinski definition) is 1. The molecule has 0 aliphatic rings. The third-order valence-corrected chi connectivity index (χ3v) is 3.32. The maximum Gasteiger partial charge on any atom is 0.258 e. The predicted molar refractivity (Wildman–Crippen MR) is 82.7 cm³/mol. The first-order valence-corrected chi connectivity index (χ1v) is 7.13. The van der Waals surface area contributed by atoms with Crippen molar-refractivity contribution in [2.24, 2.45) is 0 Å². The van der Waals surface area contributed by atoms with Crippen molar-refractivity contribution < 1.29 is 9.53 Å². The SMILES string of the molecule is Cc1ccc(OCC(=O)NCc2ccc(Br)cc2)cc1. The Balaban J connectivity index is 1.75. The molecule has 0 saturated heterocycles. The zero-order valence-electron chi connectivity index (χ0n) is 11.2. The maximum absolute atomic E-state index is 11.7. The second-order valence-electron chi connectivity index (χ2n) is 4.50. The fourth-order valence-corrected chi connectivity index (χ4v) is 1.90. The summed E-state index contributed by atoms with van der Waals surface area (Å²) in [6.45, 7) is 2.54. The number of amides is 1. The zero-order chi connectivity index (χ0) is 14.4. The van der Waals surface area contributed by atoms with E-state index in [9.17, 15) is 4.79 Å². The van der Waals surface area contributed by atoms with Gasteiger partial charge in [0.1, 0.15) is 5.75 Å². The van der Waals surface area contributed by atoms with E-state index in [0.717, 1.165) is 15.6 Å². The highest BCUT2D eigenvalue weighted by Crippen LogP contribution is 2.11. The van der Waals surface area contributed by atoms with Crippen LogP contribution in [-0.4, -0.2) is 12.5 Å². The van der Waals surface area contributed by atoms with Gasteiger partial charge in [0.2, 0.25) is 0 Å². The van der Waals surface area contributed by atoms with Gasteiger partial charge in [0.15, 0.2) is 6.61 Å². The van der Waals surface area contributed by atoms with Crippen molar-refractivity contribution in [1.82, 2.24) is 5.32 Å². The van der Waals surface area contributed by atoms with Gasteiger partial charge in [-0.25, -0.2) is 0 Å². The third kappa shape index (κ3) is 4.70. The molecule has 3 nitrogen and oxygen atoms in total. The molecule has 0 radical (unpaired) electrons. The highest BCUT2D eigenvalue weighted by atomic mass is 79.9. The van der Waals surface area contributed by atoms with Crippen molar-refractivity contribution in [3.8, 4) is 5.75 Å². The van der Waals surface area contributed by atoms with Gasteiger partial charge >= 0.3 is 0 Å². The van der Waals surface area contributed by atoms with Crippen molar-refractivity contribution in [3.05, 3.63) is 64.1 Å². The Morgan fingerprint density at radius 1 is 1.10 bits per heavy atom. The van der Waals surface area contributed by atoms with E-state index in [0.29, 0.717) is 12.3 Å². The maximum atomic E-state index is 11.7. The van der Waals surface area contributed by atoms with Crippen LogP contribution in [0.15, 0.2) is 53.0 Å². The summed E-state index contributed by atoms with van der Waals surface area (Å²) in [5, 5.41) is 2.82. The summed E-state index contributed by atoms with van der Waals surface area (Å²) in [5.74, 6) is 0.572.